The van der Waals surface area contributed by atoms with Gasteiger partial charge in [-0.1, -0.05) is 0 Å². The maximum absolute atomic E-state index is 8.41. The molecule has 0 N–H and O–H groups in total. The van der Waals surface area contributed by atoms with Crippen LogP contribution in [0.15, 0.2) is 30.5 Å². The van der Waals surface area contributed by atoms with E-state index in [0.29, 0.717) is 16.7 Å². The quantitative estimate of drug-likeness (QED) is 0.814. The maximum Gasteiger partial charge on any atom is 0.119 e. The molecule has 0 radical (unpaired) electrons. The van der Waals surface area contributed by atoms with Gasteiger partial charge in [0.2, 0.25) is 0 Å². The van der Waals surface area contributed by atoms with Crippen molar-refractivity contribution in [3.63, 3.8) is 0 Å². The lowest BCUT2D eigenvalue weighted by molar-refractivity contribution is 0.286. The first-order valence-electron chi connectivity index (χ1n) is 8.30. The molecule has 17 heavy (non-hydrogen) atoms. The molecule has 0 saturated heterocycles. The van der Waals surface area contributed by atoms with E-state index in [9.17, 15) is 0 Å². The van der Waals surface area contributed by atoms with E-state index in [1.54, 1.807) is 24.3 Å². The van der Waals surface area contributed by atoms with Crippen LogP contribution in [0.3, 0.4) is 0 Å². The number of ether oxygens (including phenoxy) is 1. The average Bonchev–Trinajstić information content (AvgIpc) is 2.87. The summed E-state index contributed by atoms with van der Waals surface area (Å²) >= 11 is 0. The van der Waals surface area contributed by atoms with Crippen LogP contribution in [0.1, 0.15) is 15.1 Å². The van der Waals surface area contributed by atoms with E-state index in [2.05, 4.69) is 0 Å². The Morgan fingerprint density at radius 1 is 1.53 bits per heavy atom. The summed E-state index contributed by atoms with van der Waals surface area (Å²) in [6.45, 7) is -5.33. The van der Waals surface area contributed by atoms with Gasteiger partial charge in [-0.2, -0.15) is 0 Å². The summed E-state index contributed by atoms with van der Waals surface area (Å²) in [5.74, 6) is 0.622. The summed E-state index contributed by atoms with van der Waals surface area (Å²) in [7, 11) is 4.32. The van der Waals surface area contributed by atoms with Crippen LogP contribution in [0.4, 0.5) is 0 Å². The van der Waals surface area contributed by atoms with Crippen LogP contribution in [-0.2, 0) is 6.50 Å². The van der Waals surface area contributed by atoms with Crippen molar-refractivity contribution >= 4 is 10.9 Å². The van der Waals surface area contributed by atoms with Gasteiger partial charge in [0.25, 0.3) is 0 Å². The summed E-state index contributed by atoms with van der Waals surface area (Å²) in [5.41, 5.74) is 0.499. The van der Waals surface area contributed by atoms with Gasteiger partial charge < -0.3 is 14.2 Å². The summed E-state index contributed by atoms with van der Waals surface area (Å²) in [6, 6.07) is 4.28. The molecular formula is C14H20N2O. The third-order valence-electron chi connectivity index (χ3n) is 2.57. The highest BCUT2D eigenvalue weighted by Crippen LogP contribution is 2.22. The Balaban J connectivity index is 2.67. The lowest BCUT2D eigenvalue weighted by atomic mass is 10.2. The largest absolute Gasteiger partial charge is 0.497 e. The molecule has 0 aliphatic carbocycles. The number of fused-ring (bicyclic) bond motifs is 1. The fourth-order valence-corrected chi connectivity index (χ4v) is 1.56. The van der Waals surface area contributed by atoms with Gasteiger partial charge in [0.15, 0.2) is 0 Å². The van der Waals surface area contributed by atoms with Crippen LogP contribution in [0.2, 0.25) is 0 Å². The number of hydrogen-bond acceptors (Lipinski definition) is 2. The fraction of sp³-hybridized carbons (Fsp3) is 0.429. The Kier molecular flexibility index (Phi) is 1.82. The number of hydrogen-bond donors (Lipinski definition) is 0. The van der Waals surface area contributed by atoms with Crippen LogP contribution < -0.4 is 4.74 Å². The second-order valence-corrected chi connectivity index (χ2v) is 3.97. The predicted octanol–water partition coefficient (Wildman–Crippen LogP) is 2.60. The van der Waals surface area contributed by atoms with E-state index < -0.39 is 19.4 Å². The molecule has 0 aliphatic heterocycles. The molecule has 0 fully saturated rings. The number of rotatable bonds is 4. The minimum absolute atomic E-state index is 0.499. The average molecular weight is 238 g/mol. The van der Waals surface area contributed by atoms with E-state index in [-0.39, 0.29) is 0 Å². The summed E-state index contributed by atoms with van der Waals surface area (Å²) in [5, 5.41) is 0.708. The van der Waals surface area contributed by atoms with Gasteiger partial charge in [-0.05, 0) is 45.2 Å². The Labute approximate surface area is 111 Å². The molecule has 1 heterocycles. The third kappa shape index (κ3) is 2.44. The maximum atomic E-state index is 8.41. The first-order chi connectivity index (χ1) is 10.5. The van der Waals surface area contributed by atoms with Crippen molar-refractivity contribution in [2.45, 2.75) is 19.4 Å². The van der Waals surface area contributed by atoms with Crippen molar-refractivity contribution in [3.05, 3.63) is 30.5 Å². The highest BCUT2D eigenvalue weighted by atomic mass is 16.5. The van der Waals surface area contributed by atoms with E-state index in [1.807, 2.05) is 0 Å². The molecule has 3 heteroatoms. The zero-order chi connectivity index (χ0) is 17.6. The normalized spacial score (nSPS) is 21.9. The highest BCUT2D eigenvalue weighted by molar-refractivity contribution is 5.81. The molecule has 0 bridgehead atoms. The lowest BCUT2D eigenvalue weighted by Crippen LogP contribution is -2.28. The van der Waals surface area contributed by atoms with Crippen molar-refractivity contribution in [3.8, 4) is 5.75 Å². The molecule has 0 aliphatic rings. The van der Waals surface area contributed by atoms with Gasteiger partial charge in [-0.15, -0.1) is 0 Å². The van der Waals surface area contributed by atoms with Crippen LogP contribution in [0, 0.1) is 0 Å². The Morgan fingerprint density at radius 2 is 2.35 bits per heavy atom. The number of methoxy groups -OCH3 is 1. The second-order valence-electron chi connectivity index (χ2n) is 3.97. The Morgan fingerprint density at radius 3 is 3.00 bits per heavy atom. The van der Waals surface area contributed by atoms with Crippen molar-refractivity contribution in [1.29, 1.82) is 0 Å². The van der Waals surface area contributed by atoms with Gasteiger partial charge in [-0.25, -0.2) is 0 Å². The molecule has 0 saturated carbocycles. The van der Waals surface area contributed by atoms with Crippen molar-refractivity contribution < 1.29 is 13.0 Å². The minimum atomic E-state index is -2.84. The summed E-state index contributed by atoms with van der Waals surface area (Å²) < 4.78 is 54.6. The van der Waals surface area contributed by atoms with Crippen LogP contribution in [-0.4, -0.2) is 36.7 Å². The monoisotopic (exact) mass is 238 g/mol. The first-order valence-corrected chi connectivity index (χ1v) is 5.30. The lowest BCUT2D eigenvalue weighted by Gasteiger charge is -2.20. The van der Waals surface area contributed by atoms with Crippen LogP contribution in [0.5, 0.6) is 5.75 Å². The predicted molar refractivity (Wildman–Crippen MR) is 71.6 cm³/mol. The summed E-state index contributed by atoms with van der Waals surface area (Å²) in [6.07, 6.45) is 1.46. The first kappa shape index (κ1) is 6.45. The van der Waals surface area contributed by atoms with E-state index >= 15 is 0 Å². The molecule has 92 valence electrons. The number of aromatic nitrogens is 1. The van der Waals surface area contributed by atoms with Gasteiger partial charge >= 0.3 is 0 Å². The Hall–Kier alpha value is -1.48. The van der Waals surface area contributed by atoms with Gasteiger partial charge in [0.1, 0.15) is 5.75 Å². The number of nitrogens with zero attached hydrogens (tertiary/aromatic N) is 2. The number of benzene rings is 1. The molecule has 3 nitrogen and oxygen atoms in total. The number of likely N-dealkylation sites (N-methyl/N-ethyl adjacent to an activating group) is 1. The standard InChI is InChI=1S/C14H20N2O/c1-11(15(2)3)10-16-8-7-12-9-13(17-4)5-6-14(12)16/h5-9,11H,10H2,1-4H3/i1D3,10D2,11D. The molecule has 2 rings (SSSR count). The molecule has 1 aromatic carbocycles. The van der Waals surface area contributed by atoms with Crippen LogP contribution in [0.25, 0.3) is 10.9 Å². The zero-order valence-corrected chi connectivity index (χ0v) is 10.2. The van der Waals surface area contributed by atoms with E-state index in [1.165, 1.54) is 32.0 Å². The topological polar surface area (TPSA) is 17.4 Å². The molecule has 2 aromatic rings. The molecule has 1 atom stereocenters. The molecule has 1 unspecified atom stereocenters. The van der Waals surface area contributed by atoms with E-state index in [4.69, 9.17) is 13.0 Å². The van der Waals surface area contributed by atoms with Crippen molar-refractivity contribution in [1.82, 2.24) is 9.47 Å². The Bertz CT molecular complexity index is 709. The van der Waals surface area contributed by atoms with Crippen molar-refractivity contribution in [2.75, 3.05) is 21.2 Å². The molecular weight excluding hydrogens is 212 g/mol. The van der Waals surface area contributed by atoms with Gasteiger partial charge in [-0.3, -0.25) is 0 Å². The van der Waals surface area contributed by atoms with Crippen molar-refractivity contribution in [2.24, 2.45) is 0 Å². The second kappa shape index (κ2) is 4.80. The fourth-order valence-electron chi connectivity index (χ4n) is 1.56. The highest BCUT2D eigenvalue weighted by Gasteiger charge is 2.08. The SMILES string of the molecule is [2H]C([2H])([2H])C([2H])(N(C)C)C([2H])([2H])n1ccc2cc(OC)ccc21. The zero-order valence-electron chi connectivity index (χ0n) is 16.2. The van der Waals surface area contributed by atoms with Gasteiger partial charge in [0.05, 0.1) is 9.85 Å². The van der Waals surface area contributed by atoms with Crippen LogP contribution >= 0.6 is 0 Å². The smallest absolute Gasteiger partial charge is 0.119 e. The van der Waals surface area contributed by atoms with E-state index in [0.717, 1.165) is 4.90 Å². The summed E-state index contributed by atoms with van der Waals surface area (Å²) in [4.78, 5) is 1.09. The van der Waals surface area contributed by atoms with Gasteiger partial charge in [0, 0.05) is 35.1 Å². The molecule has 0 spiro atoms. The third-order valence-corrected chi connectivity index (χ3v) is 2.57. The molecule has 0 amide bonds. The minimum Gasteiger partial charge on any atom is -0.497 e. The molecule has 1 aromatic heterocycles.